The zero-order valence-electron chi connectivity index (χ0n) is 10.9. The zero-order chi connectivity index (χ0) is 14.5. The molecule has 0 bridgehead atoms. The van der Waals surface area contributed by atoms with Crippen LogP contribution in [0.25, 0.3) is 0 Å². The van der Waals surface area contributed by atoms with E-state index in [0.717, 1.165) is 10.2 Å². The van der Waals surface area contributed by atoms with Gasteiger partial charge in [0.2, 0.25) is 5.91 Å². The number of carbonyl (C=O) groups is 2. The van der Waals surface area contributed by atoms with Crippen LogP contribution in [-0.4, -0.2) is 16.7 Å². The van der Waals surface area contributed by atoms with E-state index < -0.39 is 0 Å². The second kappa shape index (κ2) is 6.76. The Labute approximate surface area is 129 Å². The SMILES string of the molecule is Cc1csc(NC(=O)CCC(=O)c2ccc(Br)cc2)n1. The van der Waals surface area contributed by atoms with E-state index in [1.54, 1.807) is 12.1 Å². The molecule has 0 spiro atoms. The molecule has 1 amide bonds. The number of carbonyl (C=O) groups excluding carboxylic acids is 2. The largest absolute Gasteiger partial charge is 0.302 e. The number of rotatable bonds is 5. The van der Waals surface area contributed by atoms with Crippen LogP contribution in [0.5, 0.6) is 0 Å². The normalized spacial score (nSPS) is 10.3. The predicted octanol–water partition coefficient (Wildman–Crippen LogP) is 3.82. The van der Waals surface area contributed by atoms with E-state index >= 15 is 0 Å². The first-order valence-electron chi connectivity index (χ1n) is 6.05. The first-order valence-corrected chi connectivity index (χ1v) is 7.72. The van der Waals surface area contributed by atoms with E-state index in [9.17, 15) is 9.59 Å². The summed E-state index contributed by atoms with van der Waals surface area (Å²) in [6.45, 7) is 1.86. The topological polar surface area (TPSA) is 59.1 Å². The van der Waals surface area contributed by atoms with Crippen molar-refractivity contribution < 1.29 is 9.59 Å². The van der Waals surface area contributed by atoms with Crippen LogP contribution in [0.1, 0.15) is 28.9 Å². The third kappa shape index (κ3) is 4.25. The van der Waals surface area contributed by atoms with Gasteiger partial charge in [-0.15, -0.1) is 11.3 Å². The maximum atomic E-state index is 11.9. The van der Waals surface area contributed by atoms with Gasteiger partial charge in [-0.2, -0.15) is 0 Å². The fraction of sp³-hybridized carbons (Fsp3) is 0.214. The van der Waals surface area contributed by atoms with Gasteiger partial charge in [0.05, 0.1) is 5.69 Å². The van der Waals surface area contributed by atoms with Crippen molar-refractivity contribution >= 4 is 44.1 Å². The second-order valence-corrected chi connectivity index (χ2v) is 6.05. The smallest absolute Gasteiger partial charge is 0.226 e. The highest BCUT2D eigenvalue weighted by atomic mass is 79.9. The number of anilines is 1. The number of halogens is 1. The maximum Gasteiger partial charge on any atom is 0.226 e. The molecule has 20 heavy (non-hydrogen) atoms. The molecule has 0 saturated carbocycles. The molecular formula is C14H13BrN2O2S. The first kappa shape index (κ1) is 14.9. The van der Waals surface area contributed by atoms with E-state index in [4.69, 9.17) is 0 Å². The number of aryl methyl sites for hydroxylation is 1. The number of aromatic nitrogens is 1. The summed E-state index contributed by atoms with van der Waals surface area (Å²) in [6, 6.07) is 7.11. The quantitative estimate of drug-likeness (QED) is 0.832. The van der Waals surface area contributed by atoms with Crippen molar-refractivity contribution in [2.45, 2.75) is 19.8 Å². The molecule has 1 aromatic carbocycles. The monoisotopic (exact) mass is 352 g/mol. The number of nitrogens with zero attached hydrogens (tertiary/aromatic N) is 1. The van der Waals surface area contributed by atoms with Crippen LogP contribution >= 0.6 is 27.3 Å². The molecule has 0 aliphatic carbocycles. The average molecular weight is 353 g/mol. The number of ketones is 1. The molecule has 0 unspecified atom stereocenters. The molecule has 1 N–H and O–H groups in total. The number of amides is 1. The van der Waals surface area contributed by atoms with Crippen molar-refractivity contribution in [3.05, 3.63) is 45.4 Å². The van der Waals surface area contributed by atoms with Gasteiger partial charge in [0, 0.05) is 28.3 Å². The zero-order valence-corrected chi connectivity index (χ0v) is 13.3. The molecule has 6 heteroatoms. The Morgan fingerprint density at radius 1 is 1.25 bits per heavy atom. The van der Waals surface area contributed by atoms with Crippen LogP contribution in [0, 0.1) is 6.92 Å². The Kier molecular flexibility index (Phi) is 5.03. The summed E-state index contributed by atoms with van der Waals surface area (Å²) < 4.78 is 0.922. The Morgan fingerprint density at radius 3 is 2.55 bits per heavy atom. The van der Waals surface area contributed by atoms with E-state index in [0.29, 0.717) is 10.7 Å². The van der Waals surface area contributed by atoms with E-state index in [-0.39, 0.29) is 24.5 Å². The van der Waals surface area contributed by atoms with Crippen LogP contribution < -0.4 is 5.32 Å². The molecule has 4 nitrogen and oxygen atoms in total. The number of benzene rings is 1. The highest BCUT2D eigenvalue weighted by molar-refractivity contribution is 9.10. The summed E-state index contributed by atoms with van der Waals surface area (Å²) in [7, 11) is 0. The molecule has 1 heterocycles. The number of Topliss-reactive ketones (excluding diaryl/α,β-unsaturated/α-hetero) is 1. The molecule has 0 atom stereocenters. The fourth-order valence-corrected chi connectivity index (χ4v) is 2.57. The fourth-order valence-electron chi connectivity index (χ4n) is 1.60. The van der Waals surface area contributed by atoms with Gasteiger partial charge in [-0.05, 0) is 19.1 Å². The van der Waals surface area contributed by atoms with Crippen LogP contribution in [0.2, 0.25) is 0 Å². The van der Waals surface area contributed by atoms with Crippen molar-refractivity contribution in [3.63, 3.8) is 0 Å². The third-order valence-electron chi connectivity index (χ3n) is 2.61. The van der Waals surface area contributed by atoms with Crippen molar-refractivity contribution in [1.82, 2.24) is 4.98 Å². The Morgan fingerprint density at radius 2 is 1.95 bits per heavy atom. The summed E-state index contributed by atoms with van der Waals surface area (Å²) in [6.07, 6.45) is 0.353. The van der Waals surface area contributed by atoms with E-state index in [1.807, 2.05) is 24.4 Å². The number of nitrogens with one attached hydrogen (secondary N) is 1. The number of hydrogen-bond acceptors (Lipinski definition) is 4. The van der Waals surface area contributed by atoms with Gasteiger partial charge in [0.25, 0.3) is 0 Å². The molecule has 0 fully saturated rings. The Balaban J connectivity index is 1.84. The molecule has 0 radical (unpaired) electrons. The molecule has 0 saturated heterocycles. The molecule has 0 aliphatic heterocycles. The lowest BCUT2D eigenvalue weighted by Crippen LogP contribution is -2.13. The van der Waals surface area contributed by atoms with Gasteiger partial charge < -0.3 is 5.32 Å². The van der Waals surface area contributed by atoms with Gasteiger partial charge in [-0.1, -0.05) is 28.1 Å². The maximum absolute atomic E-state index is 11.9. The summed E-state index contributed by atoms with van der Waals surface area (Å²) in [5.41, 5.74) is 1.49. The van der Waals surface area contributed by atoms with Crippen LogP contribution in [0.4, 0.5) is 5.13 Å². The van der Waals surface area contributed by atoms with E-state index in [1.165, 1.54) is 11.3 Å². The predicted molar refractivity (Wildman–Crippen MR) is 83.2 cm³/mol. The minimum Gasteiger partial charge on any atom is -0.302 e. The third-order valence-corrected chi connectivity index (χ3v) is 4.01. The number of thiazole rings is 1. The Bertz CT molecular complexity index is 622. The molecule has 2 aromatic rings. The van der Waals surface area contributed by atoms with Crippen molar-refractivity contribution in [3.8, 4) is 0 Å². The molecule has 0 aliphatic rings. The van der Waals surface area contributed by atoms with Crippen molar-refractivity contribution in [1.29, 1.82) is 0 Å². The second-order valence-electron chi connectivity index (χ2n) is 4.27. The standard InChI is InChI=1S/C14H13BrN2O2S/c1-9-8-20-14(16-9)17-13(19)7-6-12(18)10-2-4-11(15)5-3-10/h2-5,8H,6-7H2,1H3,(H,16,17,19). The molecular weight excluding hydrogens is 340 g/mol. The van der Waals surface area contributed by atoms with Crippen LogP contribution in [0.3, 0.4) is 0 Å². The van der Waals surface area contributed by atoms with Gasteiger partial charge in [0.15, 0.2) is 10.9 Å². The lowest BCUT2D eigenvalue weighted by atomic mass is 10.1. The lowest BCUT2D eigenvalue weighted by molar-refractivity contribution is -0.116. The highest BCUT2D eigenvalue weighted by Gasteiger charge is 2.10. The average Bonchev–Trinajstić information content (AvgIpc) is 2.82. The Hall–Kier alpha value is -1.53. The highest BCUT2D eigenvalue weighted by Crippen LogP contribution is 2.16. The first-order chi connectivity index (χ1) is 9.54. The van der Waals surface area contributed by atoms with Gasteiger partial charge in [-0.3, -0.25) is 9.59 Å². The summed E-state index contributed by atoms with van der Waals surface area (Å²) in [5.74, 6) is -0.229. The van der Waals surface area contributed by atoms with Crippen LogP contribution in [-0.2, 0) is 4.79 Å². The summed E-state index contributed by atoms with van der Waals surface area (Å²) >= 11 is 4.69. The van der Waals surface area contributed by atoms with Crippen molar-refractivity contribution in [2.24, 2.45) is 0 Å². The van der Waals surface area contributed by atoms with Crippen molar-refractivity contribution in [2.75, 3.05) is 5.32 Å². The summed E-state index contributed by atoms with van der Waals surface area (Å²) in [4.78, 5) is 27.8. The van der Waals surface area contributed by atoms with E-state index in [2.05, 4.69) is 26.2 Å². The van der Waals surface area contributed by atoms with Gasteiger partial charge in [0.1, 0.15) is 0 Å². The molecule has 104 valence electrons. The lowest BCUT2D eigenvalue weighted by Gasteiger charge is -2.02. The number of hydrogen-bond donors (Lipinski definition) is 1. The minimum atomic E-state index is -0.190. The molecule has 1 aromatic heterocycles. The summed E-state index contributed by atoms with van der Waals surface area (Å²) in [5, 5.41) is 5.12. The molecule has 2 rings (SSSR count). The minimum absolute atomic E-state index is 0.0389. The van der Waals surface area contributed by atoms with Gasteiger partial charge in [-0.25, -0.2) is 4.98 Å². The van der Waals surface area contributed by atoms with Gasteiger partial charge >= 0.3 is 0 Å². The van der Waals surface area contributed by atoms with Crippen LogP contribution in [0.15, 0.2) is 34.1 Å².